The highest BCUT2D eigenvalue weighted by atomic mass is 35.5. The maximum Gasteiger partial charge on any atom is 0.203 e. The summed E-state index contributed by atoms with van der Waals surface area (Å²) in [4.78, 5) is 0. The van der Waals surface area contributed by atoms with Gasteiger partial charge in [0, 0.05) is 21.8 Å². The number of benzene rings is 2. The molecule has 0 amide bonds. The van der Waals surface area contributed by atoms with E-state index in [-0.39, 0.29) is 0 Å². The summed E-state index contributed by atoms with van der Waals surface area (Å²) in [5, 5.41) is 8.23. The first-order chi connectivity index (χ1) is 12.1. The van der Waals surface area contributed by atoms with Gasteiger partial charge >= 0.3 is 0 Å². The van der Waals surface area contributed by atoms with Crippen molar-refractivity contribution in [1.82, 2.24) is 10.2 Å². The number of methoxy groups -OCH3 is 3. The van der Waals surface area contributed by atoms with Crippen LogP contribution in [0.2, 0.25) is 5.02 Å². The molecular formula is C19H19ClN2O3. The van der Waals surface area contributed by atoms with Gasteiger partial charge in [-0.1, -0.05) is 23.7 Å². The molecule has 5 nitrogen and oxygen atoms in total. The summed E-state index contributed by atoms with van der Waals surface area (Å²) in [6.45, 7) is 1.98. The summed E-state index contributed by atoms with van der Waals surface area (Å²) in [7, 11) is 4.77. The molecule has 0 saturated heterocycles. The molecule has 0 aliphatic rings. The average molecular weight is 359 g/mol. The Morgan fingerprint density at radius 3 is 2.00 bits per heavy atom. The number of aromatic amines is 1. The second kappa shape index (κ2) is 7.07. The van der Waals surface area contributed by atoms with Gasteiger partial charge in [-0.2, -0.15) is 5.10 Å². The van der Waals surface area contributed by atoms with Crippen molar-refractivity contribution in [1.29, 1.82) is 0 Å². The minimum absolute atomic E-state index is 0.550. The van der Waals surface area contributed by atoms with Crippen molar-refractivity contribution in [3.05, 3.63) is 47.1 Å². The number of H-pyrrole nitrogens is 1. The summed E-state index contributed by atoms with van der Waals surface area (Å²) >= 11 is 6.01. The van der Waals surface area contributed by atoms with Crippen molar-refractivity contribution in [2.24, 2.45) is 0 Å². The Kier molecular flexibility index (Phi) is 4.86. The molecule has 1 aromatic heterocycles. The zero-order chi connectivity index (χ0) is 18.0. The molecule has 0 unspecified atom stereocenters. The largest absolute Gasteiger partial charge is 0.493 e. The molecule has 0 fully saturated rings. The van der Waals surface area contributed by atoms with E-state index in [0.717, 1.165) is 28.1 Å². The van der Waals surface area contributed by atoms with Gasteiger partial charge in [0.1, 0.15) is 5.69 Å². The predicted octanol–water partition coefficient (Wildman–Crippen LogP) is 4.73. The Bertz CT molecular complexity index is 863. The lowest BCUT2D eigenvalue weighted by molar-refractivity contribution is 0.324. The van der Waals surface area contributed by atoms with Crippen molar-refractivity contribution < 1.29 is 14.2 Å². The van der Waals surface area contributed by atoms with Crippen molar-refractivity contribution in [3.8, 4) is 39.6 Å². The lowest BCUT2D eigenvalue weighted by Gasteiger charge is -2.14. The van der Waals surface area contributed by atoms with E-state index < -0.39 is 0 Å². The number of aryl methyl sites for hydroxylation is 1. The van der Waals surface area contributed by atoms with E-state index in [1.165, 1.54) is 0 Å². The van der Waals surface area contributed by atoms with E-state index in [0.29, 0.717) is 22.3 Å². The van der Waals surface area contributed by atoms with Crippen LogP contribution in [0.3, 0.4) is 0 Å². The minimum Gasteiger partial charge on any atom is -0.493 e. The molecule has 0 aliphatic heterocycles. The van der Waals surface area contributed by atoms with Gasteiger partial charge in [0.2, 0.25) is 5.75 Å². The summed E-state index contributed by atoms with van der Waals surface area (Å²) in [6.07, 6.45) is 0. The van der Waals surface area contributed by atoms with Crippen LogP contribution in [0.1, 0.15) is 5.69 Å². The van der Waals surface area contributed by atoms with Crippen LogP contribution in [0.25, 0.3) is 22.4 Å². The van der Waals surface area contributed by atoms with E-state index in [1.54, 1.807) is 21.3 Å². The fourth-order valence-electron chi connectivity index (χ4n) is 2.83. The first kappa shape index (κ1) is 17.2. The molecule has 0 aliphatic carbocycles. The quantitative estimate of drug-likeness (QED) is 0.716. The average Bonchev–Trinajstić information content (AvgIpc) is 3.02. The lowest BCUT2D eigenvalue weighted by Crippen LogP contribution is -1.96. The number of rotatable bonds is 5. The number of hydrogen-bond acceptors (Lipinski definition) is 4. The van der Waals surface area contributed by atoms with Gasteiger partial charge in [0.05, 0.1) is 21.3 Å². The lowest BCUT2D eigenvalue weighted by atomic mass is 9.99. The van der Waals surface area contributed by atoms with E-state index in [1.807, 2.05) is 43.3 Å². The summed E-state index contributed by atoms with van der Waals surface area (Å²) < 4.78 is 16.3. The molecule has 1 N–H and O–H groups in total. The molecule has 0 spiro atoms. The SMILES string of the molecule is COc1cc(-c2n[nH]c(C)c2-c2ccc(Cl)cc2)cc(OC)c1OC. The van der Waals surface area contributed by atoms with Crippen LogP contribution in [-0.2, 0) is 0 Å². The number of nitrogens with zero attached hydrogens (tertiary/aromatic N) is 1. The van der Waals surface area contributed by atoms with Crippen molar-refractivity contribution in [2.45, 2.75) is 6.92 Å². The van der Waals surface area contributed by atoms with E-state index in [9.17, 15) is 0 Å². The fourth-order valence-corrected chi connectivity index (χ4v) is 2.95. The van der Waals surface area contributed by atoms with Gasteiger partial charge in [-0.15, -0.1) is 0 Å². The molecule has 6 heteroatoms. The molecule has 25 heavy (non-hydrogen) atoms. The first-order valence-corrected chi connectivity index (χ1v) is 8.08. The van der Waals surface area contributed by atoms with Gasteiger partial charge < -0.3 is 14.2 Å². The molecular weight excluding hydrogens is 340 g/mol. The highest BCUT2D eigenvalue weighted by molar-refractivity contribution is 6.30. The molecule has 1 heterocycles. The Morgan fingerprint density at radius 2 is 1.48 bits per heavy atom. The van der Waals surface area contributed by atoms with Crippen LogP contribution in [0.4, 0.5) is 0 Å². The zero-order valence-corrected chi connectivity index (χ0v) is 15.3. The second-order valence-electron chi connectivity index (χ2n) is 5.49. The Labute approximate surface area is 151 Å². The van der Waals surface area contributed by atoms with Gasteiger partial charge in [0.15, 0.2) is 11.5 Å². The normalized spacial score (nSPS) is 10.6. The van der Waals surface area contributed by atoms with Crippen LogP contribution in [0.15, 0.2) is 36.4 Å². The van der Waals surface area contributed by atoms with Gasteiger partial charge in [0.25, 0.3) is 0 Å². The van der Waals surface area contributed by atoms with Crippen LogP contribution in [0, 0.1) is 6.92 Å². The van der Waals surface area contributed by atoms with Crippen molar-refractivity contribution in [3.63, 3.8) is 0 Å². The van der Waals surface area contributed by atoms with Crippen molar-refractivity contribution >= 4 is 11.6 Å². The molecule has 0 radical (unpaired) electrons. The minimum atomic E-state index is 0.550. The summed E-state index contributed by atoms with van der Waals surface area (Å²) in [6, 6.07) is 11.4. The first-order valence-electron chi connectivity index (χ1n) is 7.70. The molecule has 3 rings (SSSR count). The molecule has 0 bridgehead atoms. The van der Waals surface area contributed by atoms with Crippen LogP contribution >= 0.6 is 11.6 Å². The van der Waals surface area contributed by atoms with Crippen LogP contribution < -0.4 is 14.2 Å². The second-order valence-corrected chi connectivity index (χ2v) is 5.93. The Morgan fingerprint density at radius 1 is 0.880 bits per heavy atom. The summed E-state index contributed by atoms with van der Waals surface area (Å²) in [5.74, 6) is 1.72. The standard InChI is InChI=1S/C19H19ClN2O3/c1-11-17(12-5-7-14(20)8-6-12)18(22-21-11)13-9-15(23-2)19(25-4)16(10-13)24-3/h5-10H,1-4H3,(H,21,22). The summed E-state index contributed by atoms with van der Waals surface area (Å²) in [5.41, 5.74) is 4.67. The monoisotopic (exact) mass is 358 g/mol. The predicted molar refractivity (Wildman–Crippen MR) is 98.9 cm³/mol. The number of halogens is 1. The Hall–Kier alpha value is -2.66. The molecule has 3 aromatic rings. The molecule has 2 aromatic carbocycles. The third-order valence-corrected chi connectivity index (χ3v) is 4.27. The third kappa shape index (κ3) is 3.15. The fraction of sp³-hybridized carbons (Fsp3) is 0.211. The number of ether oxygens (including phenoxy) is 3. The zero-order valence-electron chi connectivity index (χ0n) is 14.5. The number of nitrogens with one attached hydrogen (secondary N) is 1. The van der Waals surface area contributed by atoms with E-state index in [2.05, 4.69) is 10.2 Å². The Balaban J connectivity index is 2.19. The number of aromatic nitrogens is 2. The van der Waals surface area contributed by atoms with Crippen LogP contribution in [-0.4, -0.2) is 31.5 Å². The van der Waals surface area contributed by atoms with E-state index in [4.69, 9.17) is 25.8 Å². The van der Waals surface area contributed by atoms with Crippen LogP contribution in [0.5, 0.6) is 17.2 Å². The highest BCUT2D eigenvalue weighted by Crippen LogP contribution is 2.43. The third-order valence-electron chi connectivity index (χ3n) is 4.02. The molecule has 0 saturated carbocycles. The van der Waals surface area contributed by atoms with Gasteiger partial charge in [-0.05, 0) is 36.8 Å². The topological polar surface area (TPSA) is 56.4 Å². The van der Waals surface area contributed by atoms with Gasteiger partial charge in [-0.3, -0.25) is 5.10 Å². The smallest absolute Gasteiger partial charge is 0.203 e. The highest BCUT2D eigenvalue weighted by Gasteiger charge is 2.19. The maximum atomic E-state index is 6.01. The molecule has 0 atom stereocenters. The molecule has 130 valence electrons. The van der Waals surface area contributed by atoms with E-state index >= 15 is 0 Å². The van der Waals surface area contributed by atoms with Gasteiger partial charge in [-0.25, -0.2) is 0 Å². The maximum absolute atomic E-state index is 6.01. The number of hydrogen-bond donors (Lipinski definition) is 1. The van der Waals surface area contributed by atoms with Crippen molar-refractivity contribution in [2.75, 3.05) is 21.3 Å².